The smallest absolute Gasteiger partial charge is 0.123 e. The molecule has 2 rings (SSSR count). The van der Waals surface area contributed by atoms with Gasteiger partial charge < -0.3 is 14.8 Å². The number of piperidine rings is 1. The van der Waals surface area contributed by atoms with Crippen LogP contribution < -0.4 is 14.8 Å². The minimum absolute atomic E-state index is 0. The molecule has 1 heterocycles. The normalized spacial score (nSPS) is 16.1. The molecule has 17 heavy (non-hydrogen) atoms. The third kappa shape index (κ3) is 4.44. The maximum atomic E-state index is 5.92. The average Bonchev–Trinajstić information content (AvgIpc) is 2.31. The number of benzene rings is 1. The van der Waals surface area contributed by atoms with E-state index in [1.807, 2.05) is 31.2 Å². The van der Waals surface area contributed by atoms with Gasteiger partial charge in [0.1, 0.15) is 17.6 Å². The van der Waals surface area contributed by atoms with Crippen molar-refractivity contribution in [3.05, 3.63) is 24.3 Å². The van der Waals surface area contributed by atoms with Crippen molar-refractivity contribution >= 4 is 12.4 Å². The zero-order valence-electron chi connectivity index (χ0n) is 10.1. The summed E-state index contributed by atoms with van der Waals surface area (Å²) >= 11 is 0. The number of ether oxygens (including phenoxy) is 2. The minimum atomic E-state index is 0. The van der Waals surface area contributed by atoms with Crippen molar-refractivity contribution in [1.29, 1.82) is 0 Å². The molecule has 0 aliphatic carbocycles. The predicted octanol–water partition coefficient (Wildman–Crippen LogP) is 2.64. The average molecular weight is 258 g/mol. The Kier molecular flexibility index (Phi) is 6.16. The maximum absolute atomic E-state index is 5.92. The lowest BCUT2D eigenvalue weighted by atomic mass is 10.1. The van der Waals surface area contributed by atoms with Crippen molar-refractivity contribution in [2.45, 2.75) is 25.9 Å². The van der Waals surface area contributed by atoms with Crippen molar-refractivity contribution in [2.75, 3.05) is 19.7 Å². The molecule has 0 amide bonds. The molecule has 0 spiro atoms. The lowest BCUT2D eigenvalue weighted by Crippen LogP contribution is -2.34. The van der Waals surface area contributed by atoms with E-state index in [2.05, 4.69) is 5.32 Å². The first-order valence-corrected chi connectivity index (χ1v) is 5.98. The fourth-order valence-electron chi connectivity index (χ4n) is 1.91. The number of halogens is 1. The van der Waals surface area contributed by atoms with E-state index < -0.39 is 0 Å². The van der Waals surface area contributed by atoms with Crippen LogP contribution in [0.1, 0.15) is 19.8 Å². The molecule has 1 fully saturated rings. The highest BCUT2D eigenvalue weighted by Gasteiger charge is 2.14. The number of hydrogen-bond donors (Lipinski definition) is 1. The zero-order chi connectivity index (χ0) is 11.2. The van der Waals surface area contributed by atoms with Gasteiger partial charge >= 0.3 is 0 Å². The molecular weight excluding hydrogens is 238 g/mol. The van der Waals surface area contributed by atoms with Crippen molar-refractivity contribution in [3.63, 3.8) is 0 Å². The molecule has 1 N–H and O–H groups in total. The van der Waals surface area contributed by atoms with Gasteiger partial charge in [-0.25, -0.2) is 0 Å². The van der Waals surface area contributed by atoms with Crippen molar-refractivity contribution in [1.82, 2.24) is 5.32 Å². The Balaban J connectivity index is 0.00000144. The molecule has 1 aliphatic rings. The molecule has 1 aromatic carbocycles. The van der Waals surface area contributed by atoms with Crippen LogP contribution in [0.15, 0.2) is 24.3 Å². The van der Waals surface area contributed by atoms with E-state index in [9.17, 15) is 0 Å². The van der Waals surface area contributed by atoms with E-state index in [0.717, 1.165) is 37.4 Å². The third-order valence-corrected chi connectivity index (χ3v) is 2.71. The van der Waals surface area contributed by atoms with Crippen molar-refractivity contribution in [3.8, 4) is 11.5 Å². The molecule has 0 saturated carbocycles. The van der Waals surface area contributed by atoms with E-state index in [1.54, 1.807) is 0 Å². The van der Waals surface area contributed by atoms with Crippen LogP contribution in [0, 0.1) is 0 Å². The summed E-state index contributed by atoms with van der Waals surface area (Å²) in [6.45, 7) is 4.78. The van der Waals surface area contributed by atoms with Gasteiger partial charge in [-0.05, 0) is 45.0 Å². The molecule has 0 aromatic heterocycles. The van der Waals surface area contributed by atoms with Crippen LogP contribution in [0.4, 0.5) is 0 Å². The SMILES string of the molecule is CCOc1cccc(OC2CCNCC2)c1.Cl. The molecular formula is C13H20ClNO2. The zero-order valence-corrected chi connectivity index (χ0v) is 11.0. The highest BCUT2D eigenvalue weighted by molar-refractivity contribution is 5.85. The van der Waals surface area contributed by atoms with Gasteiger partial charge in [-0.1, -0.05) is 6.07 Å². The molecule has 0 radical (unpaired) electrons. The summed E-state index contributed by atoms with van der Waals surface area (Å²) in [6, 6.07) is 7.89. The van der Waals surface area contributed by atoms with Gasteiger partial charge in [0.2, 0.25) is 0 Å². The van der Waals surface area contributed by atoms with E-state index >= 15 is 0 Å². The second-order valence-electron chi connectivity index (χ2n) is 3.98. The van der Waals surface area contributed by atoms with E-state index in [-0.39, 0.29) is 12.4 Å². The van der Waals surface area contributed by atoms with Crippen LogP contribution >= 0.6 is 12.4 Å². The van der Waals surface area contributed by atoms with Gasteiger partial charge in [0, 0.05) is 6.07 Å². The quantitative estimate of drug-likeness (QED) is 0.900. The summed E-state index contributed by atoms with van der Waals surface area (Å²) in [6.07, 6.45) is 2.51. The molecule has 4 heteroatoms. The Bertz CT molecular complexity index is 327. The first kappa shape index (κ1) is 14.1. The van der Waals surface area contributed by atoms with Gasteiger partial charge in [-0.3, -0.25) is 0 Å². The molecule has 0 atom stereocenters. The summed E-state index contributed by atoms with van der Waals surface area (Å²) in [7, 11) is 0. The summed E-state index contributed by atoms with van der Waals surface area (Å²) in [5, 5.41) is 3.33. The van der Waals surface area contributed by atoms with Gasteiger partial charge in [0.05, 0.1) is 6.61 Å². The van der Waals surface area contributed by atoms with E-state index in [0.29, 0.717) is 12.7 Å². The Morgan fingerprint density at radius 1 is 1.24 bits per heavy atom. The Hall–Kier alpha value is -0.930. The van der Waals surface area contributed by atoms with Crippen LogP contribution in [0.3, 0.4) is 0 Å². The van der Waals surface area contributed by atoms with Crippen molar-refractivity contribution < 1.29 is 9.47 Å². The largest absolute Gasteiger partial charge is 0.494 e. The molecule has 1 aromatic rings. The maximum Gasteiger partial charge on any atom is 0.123 e. The number of nitrogens with one attached hydrogen (secondary N) is 1. The van der Waals surface area contributed by atoms with Crippen LogP contribution in [0.2, 0.25) is 0 Å². The first-order valence-electron chi connectivity index (χ1n) is 5.98. The molecule has 1 aliphatic heterocycles. The predicted molar refractivity (Wildman–Crippen MR) is 71.4 cm³/mol. The standard InChI is InChI=1S/C13H19NO2.ClH/c1-2-15-12-4-3-5-13(10-12)16-11-6-8-14-9-7-11;/h3-5,10-11,14H,2,6-9H2,1H3;1H. The Labute approximate surface area is 109 Å². The fourth-order valence-corrected chi connectivity index (χ4v) is 1.91. The molecule has 96 valence electrons. The Morgan fingerprint density at radius 3 is 2.65 bits per heavy atom. The number of rotatable bonds is 4. The van der Waals surface area contributed by atoms with Gasteiger partial charge in [0.25, 0.3) is 0 Å². The summed E-state index contributed by atoms with van der Waals surface area (Å²) in [5.41, 5.74) is 0. The fraction of sp³-hybridized carbons (Fsp3) is 0.538. The summed E-state index contributed by atoms with van der Waals surface area (Å²) in [5.74, 6) is 1.80. The lowest BCUT2D eigenvalue weighted by Gasteiger charge is -2.23. The monoisotopic (exact) mass is 257 g/mol. The highest BCUT2D eigenvalue weighted by Crippen LogP contribution is 2.22. The van der Waals surface area contributed by atoms with E-state index in [4.69, 9.17) is 9.47 Å². The lowest BCUT2D eigenvalue weighted by molar-refractivity contribution is 0.162. The first-order chi connectivity index (χ1) is 7.88. The van der Waals surface area contributed by atoms with Crippen LogP contribution in [0.5, 0.6) is 11.5 Å². The molecule has 1 saturated heterocycles. The topological polar surface area (TPSA) is 30.5 Å². The third-order valence-electron chi connectivity index (χ3n) is 2.71. The van der Waals surface area contributed by atoms with Crippen LogP contribution in [0.25, 0.3) is 0 Å². The summed E-state index contributed by atoms with van der Waals surface area (Å²) < 4.78 is 11.4. The highest BCUT2D eigenvalue weighted by atomic mass is 35.5. The molecule has 3 nitrogen and oxygen atoms in total. The minimum Gasteiger partial charge on any atom is -0.494 e. The van der Waals surface area contributed by atoms with Crippen LogP contribution in [-0.2, 0) is 0 Å². The second-order valence-corrected chi connectivity index (χ2v) is 3.98. The van der Waals surface area contributed by atoms with Gasteiger partial charge in [-0.15, -0.1) is 12.4 Å². The Morgan fingerprint density at radius 2 is 1.94 bits per heavy atom. The number of hydrogen-bond acceptors (Lipinski definition) is 3. The van der Waals surface area contributed by atoms with Gasteiger partial charge in [-0.2, -0.15) is 0 Å². The van der Waals surface area contributed by atoms with Gasteiger partial charge in [0.15, 0.2) is 0 Å². The van der Waals surface area contributed by atoms with E-state index in [1.165, 1.54) is 0 Å². The molecule has 0 unspecified atom stereocenters. The van der Waals surface area contributed by atoms with Crippen molar-refractivity contribution in [2.24, 2.45) is 0 Å². The second kappa shape index (κ2) is 7.41. The summed E-state index contributed by atoms with van der Waals surface area (Å²) in [4.78, 5) is 0. The van der Waals surface area contributed by atoms with Crippen LogP contribution in [-0.4, -0.2) is 25.8 Å². The molecule has 0 bridgehead atoms.